The number of hydrogen-bond donors (Lipinski definition) is 2. The molecule has 0 aromatic carbocycles. The van der Waals surface area contributed by atoms with Gasteiger partial charge in [0.15, 0.2) is 0 Å². The van der Waals surface area contributed by atoms with Gasteiger partial charge in [-0.1, -0.05) is 199 Å². The van der Waals surface area contributed by atoms with Gasteiger partial charge in [0.1, 0.15) is 19.3 Å². The SMILES string of the molecule is CCCCCC/C=C\CCCCCCCCCC(=O)OC(/C=C/CCCCCCCCCCC)C(COP(=O)(O)OCC[N+](C)(C)C)NC(=O)CCCCC/C=C\CCCCCCCCC. The second-order valence-electron chi connectivity index (χ2n) is 20.1. The second kappa shape index (κ2) is 46.9. The zero-order chi connectivity index (χ0) is 48.7. The van der Waals surface area contributed by atoms with E-state index < -0.39 is 20.0 Å². The van der Waals surface area contributed by atoms with Gasteiger partial charge in [-0.15, -0.1) is 0 Å². The van der Waals surface area contributed by atoms with Gasteiger partial charge in [-0.2, -0.15) is 0 Å². The standard InChI is InChI=1S/C56H107N2O7P/c1-7-10-13-16-19-22-25-27-29-31-34-37-40-43-46-49-56(60)65-54(47-44-41-38-35-32-24-21-18-15-12-9-3)53(52-64-66(61,62)63-51-50-58(4,5)6)57-55(59)48-45-42-39-36-33-30-28-26-23-20-17-14-11-8-2/h22,25,30,33,44,47,53-54H,7-21,23-24,26-29,31-32,34-43,45-46,48-52H2,1-6H3,(H-,57,59,61,62)/p+1/b25-22-,33-30-,47-44+. The van der Waals surface area contributed by atoms with Crippen molar-refractivity contribution in [2.24, 2.45) is 0 Å². The number of rotatable bonds is 50. The smallest absolute Gasteiger partial charge is 0.456 e. The summed E-state index contributed by atoms with van der Waals surface area (Å²) in [6.07, 6.45) is 54.2. The number of carbonyl (C=O) groups excluding carboxylic acids is 2. The first-order valence-electron chi connectivity index (χ1n) is 27.8. The minimum atomic E-state index is -4.44. The van der Waals surface area contributed by atoms with E-state index in [-0.39, 0.29) is 31.5 Å². The van der Waals surface area contributed by atoms with E-state index in [1.165, 1.54) is 148 Å². The lowest BCUT2D eigenvalue weighted by molar-refractivity contribution is -0.870. The van der Waals surface area contributed by atoms with Crippen LogP contribution >= 0.6 is 7.82 Å². The lowest BCUT2D eigenvalue weighted by atomic mass is 10.1. The summed E-state index contributed by atoms with van der Waals surface area (Å²) in [5.41, 5.74) is 0. The summed E-state index contributed by atoms with van der Waals surface area (Å²) in [6.45, 7) is 6.98. The van der Waals surface area contributed by atoms with Crippen molar-refractivity contribution in [2.75, 3.05) is 40.9 Å². The van der Waals surface area contributed by atoms with Crippen LogP contribution in [0, 0.1) is 0 Å². The van der Waals surface area contributed by atoms with Gasteiger partial charge in [-0.25, -0.2) is 4.57 Å². The van der Waals surface area contributed by atoms with Crippen molar-refractivity contribution in [3.8, 4) is 0 Å². The van der Waals surface area contributed by atoms with Gasteiger partial charge >= 0.3 is 13.8 Å². The summed E-state index contributed by atoms with van der Waals surface area (Å²) >= 11 is 0. The molecule has 0 aromatic rings. The number of allylic oxidation sites excluding steroid dienone is 5. The first kappa shape index (κ1) is 64.2. The Balaban J connectivity index is 5.38. The molecule has 0 heterocycles. The van der Waals surface area contributed by atoms with E-state index in [4.69, 9.17) is 13.8 Å². The molecular weight excluding hydrogens is 844 g/mol. The van der Waals surface area contributed by atoms with E-state index in [0.717, 1.165) is 77.0 Å². The molecule has 0 aromatic heterocycles. The molecule has 1 amide bonds. The number of nitrogens with one attached hydrogen (secondary N) is 1. The van der Waals surface area contributed by atoms with Crippen LogP contribution in [0.15, 0.2) is 36.5 Å². The average molecular weight is 952 g/mol. The molecule has 66 heavy (non-hydrogen) atoms. The van der Waals surface area contributed by atoms with E-state index in [9.17, 15) is 19.0 Å². The molecule has 0 radical (unpaired) electrons. The van der Waals surface area contributed by atoms with E-state index in [0.29, 0.717) is 17.4 Å². The Kier molecular flexibility index (Phi) is 45.7. The molecular formula is C56H108N2O7P+. The van der Waals surface area contributed by atoms with Gasteiger partial charge in [0.25, 0.3) is 0 Å². The van der Waals surface area contributed by atoms with Crippen LogP contribution in [0.25, 0.3) is 0 Å². The summed E-state index contributed by atoms with van der Waals surface area (Å²) < 4.78 is 30.5. The average Bonchev–Trinajstić information content (AvgIpc) is 3.27. The van der Waals surface area contributed by atoms with Crippen molar-refractivity contribution in [3.63, 3.8) is 0 Å². The number of phosphoric acid groups is 1. The van der Waals surface area contributed by atoms with Crippen LogP contribution in [0.4, 0.5) is 0 Å². The molecule has 0 spiro atoms. The number of hydrogen-bond acceptors (Lipinski definition) is 6. The van der Waals surface area contributed by atoms with Crippen LogP contribution in [0.2, 0.25) is 0 Å². The molecule has 3 unspecified atom stereocenters. The topological polar surface area (TPSA) is 111 Å². The molecule has 0 fully saturated rings. The number of amides is 1. The van der Waals surface area contributed by atoms with Crippen LogP contribution < -0.4 is 5.32 Å². The highest BCUT2D eigenvalue weighted by Gasteiger charge is 2.30. The Morgan fingerprint density at radius 2 is 0.879 bits per heavy atom. The minimum absolute atomic E-state index is 0.0380. The molecule has 0 aliphatic carbocycles. The highest BCUT2D eigenvalue weighted by molar-refractivity contribution is 7.47. The number of unbranched alkanes of at least 4 members (excludes halogenated alkanes) is 30. The molecule has 0 saturated heterocycles. The summed E-state index contributed by atoms with van der Waals surface area (Å²) in [7, 11) is 1.49. The predicted molar refractivity (Wildman–Crippen MR) is 282 cm³/mol. The lowest BCUT2D eigenvalue weighted by Crippen LogP contribution is -2.47. The van der Waals surface area contributed by atoms with Crippen LogP contribution in [-0.2, 0) is 27.9 Å². The maximum Gasteiger partial charge on any atom is 0.472 e. The maximum absolute atomic E-state index is 13.4. The Morgan fingerprint density at radius 1 is 0.515 bits per heavy atom. The van der Waals surface area contributed by atoms with E-state index in [2.05, 4.69) is 50.4 Å². The highest BCUT2D eigenvalue weighted by Crippen LogP contribution is 2.43. The van der Waals surface area contributed by atoms with Gasteiger partial charge in [0.05, 0.1) is 33.8 Å². The molecule has 2 N–H and O–H groups in total. The third-order valence-electron chi connectivity index (χ3n) is 12.3. The van der Waals surface area contributed by atoms with Crippen molar-refractivity contribution in [2.45, 2.75) is 270 Å². The van der Waals surface area contributed by atoms with Crippen LogP contribution in [0.5, 0.6) is 0 Å². The molecule has 0 aliphatic rings. The summed E-state index contributed by atoms with van der Waals surface area (Å²) in [4.78, 5) is 37.5. The van der Waals surface area contributed by atoms with Crippen molar-refractivity contribution in [3.05, 3.63) is 36.5 Å². The number of quaternary nitrogens is 1. The number of nitrogens with zero attached hydrogens (tertiary/aromatic N) is 1. The molecule has 0 saturated carbocycles. The molecule has 3 atom stereocenters. The number of likely N-dealkylation sites (N-methyl/N-ethyl adjacent to an activating group) is 1. The van der Waals surface area contributed by atoms with E-state index >= 15 is 0 Å². The van der Waals surface area contributed by atoms with Crippen LogP contribution in [0.1, 0.15) is 258 Å². The van der Waals surface area contributed by atoms with Gasteiger partial charge in [-0.3, -0.25) is 18.6 Å². The van der Waals surface area contributed by atoms with Crippen LogP contribution in [0.3, 0.4) is 0 Å². The first-order chi connectivity index (χ1) is 31.9. The molecule has 9 nitrogen and oxygen atoms in total. The van der Waals surface area contributed by atoms with Crippen LogP contribution in [-0.4, -0.2) is 74.3 Å². The maximum atomic E-state index is 13.4. The first-order valence-corrected chi connectivity index (χ1v) is 29.3. The zero-order valence-corrected chi connectivity index (χ0v) is 45.1. The van der Waals surface area contributed by atoms with E-state index in [1.807, 2.05) is 33.3 Å². The van der Waals surface area contributed by atoms with Gasteiger partial charge in [0, 0.05) is 12.8 Å². The highest BCUT2D eigenvalue weighted by atomic mass is 31.2. The lowest BCUT2D eigenvalue weighted by Gasteiger charge is -2.27. The number of carbonyl (C=O) groups is 2. The van der Waals surface area contributed by atoms with Crippen molar-refractivity contribution in [1.29, 1.82) is 0 Å². The van der Waals surface area contributed by atoms with Crippen molar-refractivity contribution < 1.29 is 37.3 Å². The fourth-order valence-electron chi connectivity index (χ4n) is 7.93. The Labute approximate surface area is 408 Å². The summed E-state index contributed by atoms with van der Waals surface area (Å²) in [6, 6.07) is -0.853. The molecule has 0 rings (SSSR count). The predicted octanol–water partition coefficient (Wildman–Crippen LogP) is 16.4. The zero-order valence-electron chi connectivity index (χ0n) is 44.2. The fraction of sp³-hybridized carbons (Fsp3) is 0.857. The number of esters is 1. The molecule has 0 aliphatic heterocycles. The number of ether oxygens (including phenoxy) is 1. The molecule has 10 heteroatoms. The van der Waals surface area contributed by atoms with E-state index in [1.54, 1.807) is 0 Å². The Morgan fingerprint density at radius 3 is 1.32 bits per heavy atom. The molecule has 0 bridgehead atoms. The van der Waals surface area contributed by atoms with Crippen molar-refractivity contribution in [1.82, 2.24) is 5.32 Å². The normalized spacial score (nSPS) is 14.1. The van der Waals surface area contributed by atoms with Crippen molar-refractivity contribution >= 4 is 19.7 Å². The Bertz CT molecular complexity index is 1230. The Hall–Kier alpha value is -1.77. The largest absolute Gasteiger partial charge is 0.472 e. The third-order valence-corrected chi connectivity index (χ3v) is 13.3. The van der Waals surface area contributed by atoms with Gasteiger partial charge in [0.2, 0.25) is 5.91 Å². The minimum Gasteiger partial charge on any atom is -0.456 e. The number of phosphoric ester groups is 1. The summed E-state index contributed by atoms with van der Waals surface area (Å²) in [5.74, 6) is -0.525. The monoisotopic (exact) mass is 952 g/mol. The third kappa shape index (κ3) is 47.3. The van der Waals surface area contributed by atoms with Gasteiger partial charge in [-0.05, 0) is 83.1 Å². The fourth-order valence-corrected chi connectivity index (χ4v) is 8.66. The summed E-state index contributed by atoms with van der Waals surface area (Å²) in [5, 5.41) is 3.03. The van der Waals surface area contributed by atoms with Gasteiger partial charge < -0.3 is 19.4 Å². The second-order valence-corrected chi connectivity index (χ2v) is 21.6. The quantitative estimate of drug-likeness (QED) is 0.0205. The molecule has 388 valence electrons.